The monoisotopic (exact) mass is 227 g/mol. The molecule has 1 aliphatic heterocycles. The van der Waals surface area contributed by atoms with Crippen molar-refractivity contribution in [2.75, 3.05) is 20.3 Å². The molecule has 2 aliphatic rings. The normalized spacial score (nSPS) is 40.1. The minimum atomic E-state index is 0.389. The summed E-state index contributed by atoms with van der Waals surface area (Å²) in [4.78, 5) is 0. The number of hydrogen-bond acceptors (Lipinski definition) is 3. The Balaban J connectivity index is 1.61. The van der Waals surface area contributed by atoms with E-state index in [0.717, 1.165) is 25.5 Å². The molecule has 3 heteroatoms. The van der Waals surface area contributed by atoms with Gasteiger partial charge in [0.1, 0.15) is 0 Å². The highest BCUT2D eigenvalue weighted by Gasteiger charge is 2.25. The number of ether oxygens (including phenoxy) is 2. The first-order chi connectivity index (χ1) is 7.78. The smallest absolute Gasteiger partial charge is 0.0711 e. The highest BCUT2D eigenvalue weighted by atomic mass is 16.5. The number of hydrogen-bond donors (Lipinski definition) is 1. The van der Waals surface area contributed by atoms with Crippen LogP contribution in [-0.4, -0.2) is 38.5 Å². The van der Waals surface area contributed by atoms with E-state index in [4.69, 9.17) is 9.47 Å². The van der Waals surface area contributed by atoms with Crippen molar-refractivity contribution in [3.05, 3.63) is 0 Å². The Morgan fingerprint density at radius 3 is 2.50 bits per heavy atom. The van der Waals surface area contributed by atoms with Crippen LogP contribution in [0.3, 0.4) is 0 Å². The molecule has 94 valence electrons. The molecule has 0 spiro atoms. The van der Waals surface area contributed by atoms with Gasteiger partial charge in [0.2, 0.25) is 0 Å². The van der Waals surface area contributed by atoms with Crippen LogP contribution in [-0.2, 0) is 9.47 Å². The van der Waals surface area contributed by atoms with Gasteiger partial charge in [0, 0.05) is 19.7 Å². The fourth-order valence-electron chi connectivity index (χ4n) is 2.74. The lowest BCUT2D eigenvalue weighted by Gasteiger charge is -2.27. The lowest BCUT2D eigenvalue weighted by molar-refractivity contribution is 0.00848. The highest BCUT2D eigenvalue weighted by Crippen LogP contribution is 2.25. The van der Waals surface area contributed by atoms with Crippen LogP contribution in [0.15, 0.2) is 0 Å². The molecule has 0 aromatic heterocycles. The summed E-state index contributed by atoms with van der Waals surface area (Å²) in [6, 6.07) is 0.504. The average Bonchev–Trinajstić information content (AvgIpc) is 2.76. The van der Waals surface area contributed by atoms with Gasteiger partial charge in [-0.15, -0.1) is 0 Å². The van der Waals surface area contributed by atoms with Gasteiger partial charge in [0.05, 0.1) is 18.8 Å². The van der Waals surface area contributed by atoms with Crippen LogP contribution >= 0.6 is 0 Å². The molecule has 1 aliphatic carbocycles. The second-order valence-electron chi connectivity index (χ2n) is 5.41. The van der Waals surface area contributed by atoms with Gasteiger partial charge < -0.3 is 14.8 Å². The molecule has 2 rings (SSSR count). The van der Waals surface area contributed by atoms with Crippen LogP contribution < -0.4 is 5.32 Å². The summed E-state index contributed by atoms with van der Waals surface area (Å²) in [6.45, 7) is 4.18. The van der Waals surface area contributed by atoms with Crippen molar-refractivity contribution in [2.24, 2.45) is 5.92 Å². The van der Waals surface area contributed by atoms with Crippen molar-refractivity contribution < 1.29 is 9.47 Å². The third-order valence-electron chi connectivity index (χ3n) is 4.01. The Morgan fingerprint density at radius 1 is 1.12 bits per heavy atom. The van der Waals surface area contributed by atoms with E-state index < -0.39 is 0 Å². The zero-order valence-electron chi connectivity index (χ0n) is 10.6. The molecule has 1 saturated heterocycles. The molecule has 0 amide bonds. The third kappa shape index (κ3) is 3.44. The predicted octanol–water partition coefficient (Wildman–Crippen LogP) is 1.96. The van der Waals surface area contributed by atoms with Crippen LogP contribution in [0.25, 0.3) is 0 Å². The summed E-state index contributed by atoms with van der Waals surface area (Å²) < 4.78 is 11.3. The van der Waals surface area contributed by atoms with E-state index >= 15 is 0 Å². The maximum atomic E-state index is 5.99. The molecule has 16 heavy (non-hydrogen) atoms. The molecule has 2 fully saturated rings. The van der Waals surface area contributed by atoms with Crippen LogP contribution in [0.5, 0.6) is 0 Å². The third-order valence-corrected chi connectivity index (χ3v) is 4.01. The summed E-state index contributed by atoms with van der Waals surface area (Å²) in [6.07, 6.45) is 7.18. The highest BCUT2D eigenvalue weighted by molar-refractivity contribution is 4.82. The summed E-state index contributed by atoms with van der Waals surface area (Å²) >= 11 is 0. The summed E-state index contributed by atoms with van der Waals surface area (Å²) in [5, 5.41) is 3.46. The van der Waals surface area contributed by atoms with Crippen molar-refractivity contribution in [3.8, 4) is 0 Å². The first-order valence-electron chi connectivity index (χ1n) is 6.65. The molecule has 3 nitrogen and oxygen atoms in total. The van der Waals surface area contributed by atoms with Gasteiger partial charge in [-0.1, -0.05) is 6.92 Å². The summed E-state index contributed by atoms with van der Waals surface area (Å²) in [5.74, 6) is 0.905. The quantitative estimate of drug-likeness (QED) is 0.796. The number of methoxy groups -OCH3 is 1. The Labute approximate surface area is 98.9 Å². The van der Waals surface area contributed by atoms with Crippen LogP contribution in [0.1, 0.15) is 39.0 Å². The molecule has 0 aromatic rings. The van der Waals surface area contributed by atoms with Crippen molar-refractivity contribution in [3.63, 3.8) is 0 Å². The van der Waals surface area contributed by atoms with Crippen molar-refractivity contribution in [2.45, 2.75) is 57.3 Å². The molecule has 2 atom stereocenters. The minimum absolute atomic E-state index is 0.389. The van der Waals surface area contributed by atoms with Gasteiger partial charge in [-0.05, 0) is 38.0 Å². The van der Waals surface area contributed by atoms with Gasteiger partial charge in [0.25, 0.3) is 0 Å². The molecule has 0 unspecified atom stereocenters. The zero-order valence-corrected chi connectivity index (χ0v) is 10.6. The van der Waals surface area contributed by atoms with Crippen LogP contribution in [0, 0.1) is 5.92 Å². The first-order valence-corrected chi connectivity index (χ1v) is 6.65. The maximum Gasteiger partial charge on any atom is 0.0711 e. The molecule has 0 radical (unpaired) electrons. The number of nitrogens with one attached hydrogen (secondary N) is 1. The Hall–Kier alpha value is -0.120. The molecule has 1 heterocycles. The Bertz CT molecular complexity index is 200. The lowest BCUT2D eigenvalue weighted by atomic mass is 9.89. The first kappa shape index (κ1) is 12.3. The molecule has 1 saturated carbocycles. The van der Waals surface area contributed by atoms with Crippen molar-refractivity contribution >= 4 is 0 Å². The van der Waals surface area contributed by atoms with E-state index in [2.05, 4.69) is 12.2 Å². The summed E-state index contributed by atoms with van der Waals surface area (Å²) in [5.41, 5.74) is 0. The molecule has 0 aromatic carbocycles. The van der Waals surface area contributed by atoms with Gasteiger partial charge in [0.15, 0.2) is 0 Å². The molecular formula is C13H25NO2. The maximum absolute atomic E-state index is 5.99. The fraction of sp³-hybridized carbons (Fsp3) is 1.00. The second-order valence-corrected chi connectivity index (χ2v) is 5.41. The standard InChI is InChI=1S/C13H25NO2/c1-10-3-5-12(6-4-10)16-9-11-7-13(15-2)8-14-11/h10-14H,3-9H2,1-2H3/t10?,11-,12?,13-/m0/s1. The van der Waals surface area contributed by atoms with E-state index in [9.17, 15) is 0 Å². The van der Waals surface area contributed by atoms with E-state index in [0.29, 0.717) is 18.2 Å². The largest absolute Gasteiger partial charge is 0.380 e. The van der Waals surface area contributed by atoms with Gasteiger partial charge >= 0.3 is 0 Å². The van der Waals surface area contributed by atoms with Crippen molar-refractivity contribution in [1.82, 2.24) is 5.32 Å². The lowest BCUT2D eigenvalue weighted by Crippen LogP contribution is -2.30. The fourth-order valence-corrected chi connectivity index (χ4v) is 2.74. The average molecular weight is 227 g/mol. The van der Waals surface area contributed by atoms with E-state index in [1.807, 2.05) is 0 Å². The Morgan fingerprint density at radius 2 is 1.88 bits per heavy atom. The topological polar surface area (TPSA) is 30.5 Å². The number of rotatable bonds is 4. The predicted molar refractivity (Wildman–Crippen MR) is 64.6 cm³/mol. The molecular weight excluding hydrogens is 202 g/mol. The van der Waals surface area contributed by atoms with E-state index in [1.54, 1.807) is 7.11 Å². The van der Waals surface area contributed by atoms with Crippen LogP contribution in [0.2, 0.25) is 0 Å². The second kappa shape index (κ2) is 5.99. The van der Waals surface area contributed by atoms with Crippen molar-refractivity contribution in [1.29, 1.82) is 0 Å². The van der Waals surface area contributed by atoms with Gasteiger partial charge in [-0.3, -0.25) is 0 Å². The SMILES string of the molecule is CO[C@@H]1CN[C@H](COC2CCC(C)CC2)C1. The molecule has 0 bridgehead atoms. The zero-order chi connectivity index (χ0) is 11.4. The summed E-state index contributed by atoms with van der Waals surface area (Å²) in [7, 11) is 1.79. The van der Waals surface area contributed by atoms with Gasteiger partial charge in [-0.25, -0.2) is 0 Å². The molecule has 1 N–H and O–H groups in total. The van der Waals surface area contributed by atoms with E-state index in [1.165, 1.54) is 25.7 Å². The van der Waals surface area contributed by atoms with Crippen LogP contribution in [0.4, 0.5) is 0 Å². The minimum Gasteiger partial charge on any atom is -0.380 e. The van der Waals surface area contributed by atoms with Gasteiger partial charge in [-0.2, -0.15) is 0 Å². The Kier molecular flexibility index (Phi) is 4.62. The van der Waals surface area contributed by atoms with E-state index in [-0.39, 0.29) is 0 Å².